The van der Waals surface area contributed by atoms with E-state index in [9.17, 15) is 13.2 Å². The van der Waals surface area contributed by atoms with Crippen LogP contribution in [0.2, 0.25) is 0 Å². The van der Waals surface area contributed by atoms with Crippen LogP contribution in [-0.4, -0.2) is 70.5 Å². The van der Waals surface area contributed by atoms with Crippen molar-refractivity contribution in [3.63, 3.8) is 0 Å². The number of carbonyl (C=O) groups excluding carboxylic acids is 1. The van der Waals surface area contributed by atoms with E-state index in [1.807, 2.05) is 25.5 Å². The van der Waals surface area contributed by atoms with Crippen LogP contribution < -0.4 is 14.8 Å². The van der Waals surface area contributed by atoms with Gasteiger partial charge in [-0.15, -0.1) is 11.3 Å². The van der Waals surface area contributed by atoms with E-state index in [1.165, 1.54) is 9.18 Å². The van der Waals surface area contributed by atoms with Crippen LogP contribution in [0.5, 0.6) is 11.5 Å². The molecular weight excluding hydrogens is 462 g/mol. The number of piperidine rings is 1. The first-order valence-corrected chi connectivity index (χ1v) is 13.6. The zero-order valence-corrected chi connectivity index (χ0v) is 20.7. The van der Waals surface area contributed by atoms with Crippen molar-refractivity contribution in [2.24, 2.45) is 5.92 Å². The van der Waals surface area contributed by atoms with Crippen LogP contribution in [0.25, 0.3) is 0 Å². The van der Waals surface area contributed by atoms with Gasteiger partial charge in [0.1, 0.15) is 0 Å². The Balaban J connectivity index is 1.34. The van der Waals surface area contributed by atoms with Gasteiger partial charge in [-0.25, -0.2) is 8.42 Å². The van der Waals surface area contributed by atoms with Crippen molar-refractivity contribution in [2.75, 3.05) is 46.9 Å². The van der Waals surface area contributed by atoms with Gasteiger partial charge in [0.05, 0.1) is 24.2 Å². The lowest BCUT2D eigenvalue weighted by atomic mass is 9.97. The van der Waals surface area contributed by atoms with E-state index in [-0.39, 0.29) is 22.8 Å². The number of fused-ring (bicyclic) bond motifs is 1. The van der Waals surface area contributed by atoms with Crippen molar-refractivity contribution in [1.82, 2.24) is 14.5 Å². The van der Waals surface area contributed by atoms with Crippen molar-refractivity contribution in [2.45, 2.75) is 30.2 Å². The molecule has 1 aromatic heterocycles. The van der Waals surface area contributed by atoms with Gasteiger partial charge in [0.15, 0.2) is 11.5 Å². The maximum atomic E-state index is 13.2. The van der Waals surface area contributed by atoms with Crippen molar-refractivity contribution in [3.05, 3.63) is 40.6 Å². The minimum Gasteiger partial charge on any atom is -0.490 e. The minimum atomic E-state index is -3.66. The Labute approximate surface area is 199 Å². The molecule has 2 aliphatic rings. The molecule has 10 heteroatoms. The molecule has 0 bridgehead atoms. The number of likely N-dealkylation sites (N-methyl/N-ethyl adjacent to an activating group) is 1. The molecule has 33 heavy (non-hydrogen) atoms. The van der Waals surface area contributed by atoms with Crippen LogP contribution in [-0.2, 0) is 14.8 Å². The Hall–Kier alpha value is -2.14. The zero-order valence-electron chi connectivity index (χ0n) is 19.0. The third-order valence-electron chi connectivity index (χ3n) is 6.15. The van der Waals surface area contributed by atoms with Gasteiger partial charge in [-0.05, 0) is 50.5 Å². The zero-order chi connectivity index (χ0) is 23.4. The normalized spacial score (nSPS) is 18.6. The second-order valence-corrected chi connectivity index (χ2v) is 11.5. The molecule has 0 aliphatic carbocycles. The number of rotatable bonds is 7. The van der Waals surface area contributed by atoms with Gasteiger partial charge in [0.2, 0.25) is 15.9 Å². The highest BCUT2D eigenvalue weighted by molar-refractivity contribution is 7.89. The molecule has 0 unspecified atom stereocenters. The summed E-state index contributed by atoms with van der Waals surface area (Å²) < 4.78 is 39.1. The van der Waals surface area contributed by atoms with Crippen LogP contribution in [0.4, 0.5) is 0 Å². The van der Waals surface area contributed by atoms with Gasteiger partial charge < -0.3 is 19.7 Å². The summed E-state index contributed by atoms with van der Waals surface area (Å²) in [7, 11) is 0.337. The summed E-state index contributed by atoms with van der Waals surface area (Å²) >= 11 is 1.67. The van der Waals surface area contributed by atoms with Crippen molar-refractivity contribution < 1.29 is 22.7 Å². The number of thiophene rings is 1. The molecule has 1 N–H and O–H groups in total. The molecule has 1 fully saturated rings. The smallest absolute Gasteiger partial charge is 0.243 e. The van der Waals surface area contributed by atoms with Gasteiger partial charge in [-0.3, -0.25) is 4.79 Å². The molecule has 0 radical (unpaired) electrons. The van der Waals surface area contributed by atoms with E-state index >= 15 is 0 Å². The quantitative estimate of drug-likeness (QED) is 0.638. The summed E-state index contributed by atoms with van der Waals surface area (Å²) in [5.41, 5.74) is 0. The molecule has 1 atom stereocenters. The fraction of sp³-hybridized carbons (Fsp3) is 0.522. The largest absolute Gasteiger partial charge is 0.490 e. The van der Waals surface area contributed by atoms with Crippen molar-refractivity contribution >= 4 is 27.3 Å². The third-order valence-corrected chi connectivity index (χ3v) is 9.01. The molecule has 1 aromatic carbocycles. The maximum absolute atomic E-state index is 13.2. The average Bonchev–Trinajstić information content (AvgIpc) is 3.23. The standard InChI is InChI=1S/C23H31N3O5S2/c1-25(2)19(22-5-3-14-32-22)16-24-23(27)17-8-10-26(11-9-17)33(28,29)18-6-7-20-21(15-18)31-13-4-12-30-20/h3,5-7,14-15,17,19H,4,8-13,16H2,1-2H3,(H,24,27)/t19-/m1/s1. The maximum Gasteiger partial charge on any atom is 0.243 e. The van der Waals surface area contributed by atoms with Crippen LogP contribution in [0.3, 0.4) is 0 Å². The fourth-order valence-corrected chi connectivity index (χ4v) is 6.58. The van der Waals surface area contributed by atoms with E-state index < -0.39 is 10.0 Å². The van der Waals surface area contributed by atoms with Crippen molar-refractivity contribution in [3.8, 4) is 11.5 Å². The van der Waals surface area contributed by atoms with Crippen LogP contribution in [0.15, 0.2) is 40.6 Å². The number of carbonyl (C=O) groups is 1. The lowest BCUT2D eigenvalue weighted by Gasteiger charge is -2.31. The van der Waals surface area contributed by atoms with Crippen LogP contribution in [0, 0.1) is 5.92 Å². The summed E-state index contributed by atoms with van der Waals surface area (Å²) in [5.74, 6) is 0.835. The Morgan fingerprint density at radius 2 is 1.91 bits per heavy atom. The fourth-order valence-electron chi connectivity index (χ4n) is 4.17. The highest BCUT2D eigenvalue weighted by Gasteiger charge is 2.33. The first kappa shape index (κ1) is 24.0. The lowest BCUT2D eigenvalue weighted by molar-refractivity contribution is -0.126. The van der Waals surface area contributed by atoms with Gasteiger partial charge in [0, 0.05) is 42.9 Å². The molecule has 2 aliphatic heterocycles. The van der Waals surface area contributed by atoms with Crippen molar-refractivity contribution in [1.29, 1.82) is 0 Å². The number of hydrogen-bond donors (Lipinski definition) is 1. The summed E-state index contributed by atoms with van der Waals surface area (Å²) in [6, 6.07) is 8.97. The highest BCUT2D eigenvalue weighted by atomic mass is 32.2. The van der Waals surface area contributed by atoms with E-state index in [2.05, 4.69) is 16.3 Å². The molecule has 8 nitrogen and oxygen atoms in total. The summed E-state index contributed by atoms with van der Waals surface area (Å²) in [5, 5.41) is 5.11. The molecule has 0 saturated carbocycles. The monoisotopic (exact) mass is 493 g/mol. The van der Waals surface area contributed by atoms with Gasteiger partial charge >= 0.3 is 0 Å². The van der Waals surface area contributed by atoms with Gasteiger partial charge in [-0.2, -0.15) is 4.31 Å². The lowest BCUT2D eigenvalue weighted by Crippen LogP contribution is -2.44. The number of amides is 1. The first-order chi connectivity index (χ1) is 15.9. The number of nitrogens with one attached hydrogen (secondary N) is 1. The Kier molecular flexibility index (Phi) is 7.58. The summed E-state index contributed by atoms with van der Waals surface area (Å²) in [4.78, 5) is 16.3. The molecule has 1 saturated heterocycles. The second-order valence-electron chi connectivity index (χ2n) is 8.58. The number of ether oxygens (including phenoxy) is 2. The third kappa shape index (κ3) is 5.51. The Bertz CT molecular complexity index is 1050. The second kappa shape index (κ2) is 10.4. The molecule has 1 amide bonds. The first-order valence-electron chi connectivity index (χ1n) is 11.2. The summed E-state index contributed by atoms with van der Waals surface area (Å²) in [6.45, 7) is 2.21. The van der Waals surface area contributed by atoms with E-state index in [1.54, 1.807) is 29.5 Å². The summed E-state index contributed by atoms with van der Waals surface area (Å²) in [6.07, 6.45) is 1.76. The Morgan fingerprint density at radius 1 is 1.18 bits per heavy atom. The molecule has 4 rings (SSSR count). The van der Waals surface area contributed by atoms with E-state index in [0.717, 1.165) is 6.42 Å². The van der Waals surface area contributed by atoms with Gasteiger partial charge in [0.25, 0.3) is 0 Å². The van der Waals surface area contributed by atoms with Crippen LogP contribution >= 0.6 is 11.3 Å². The van der Waals surface area contributed by atoms with E-state index in [0.29, 0.717) is 57.2 Å². The predicted molar refractivity (Wildman–Crippen MR) is 127 cm³/mol. The number of sulfonamides is 1. The highest BCUT2D eigenvalue weighted by Crippen LogP contribution is 2.34. The molecular formula is C23H31N3O5S2. The Morgan fingerprint density at radius 3 is 2.58 bits per heavy atom. The topological polar surface area (TPSA) is 88.2 Å². The van der Waals surface area contributed by atoms with E-state index in [4.69, 9.17) is 9.47 Å². The number of benzene rings is 1. The molecule has 2 aromatic rings. The van der Waals surface area contributed by atoms with Gasteiger partial charge in [-0.1, -0.05) is 6.07 Å². The molecule has 0 spiro atoms. The SMILES string of the molecule is CN(C)[C@H](CNC(=O)C1CCN(S(=O)(=O)c2ccc3c(c2)OCCCO3)CC1)c1cccs1. The molecule has 180 valence electrons. The number of nitrogens with zero attached hydrogens (tertiary/aromatic N) is 2. The predicted octanol–water partition coefficient (Wildman–Crippen LogP) is 2.73. The minimum absolute atomic E-state index is 0.00830. The number of hydrogen-bond acceptors (Lipinski definition) is 7. The van der Waals surface area contributed by atoms with Crippen LogP contribution in [0.1, 0.15) is 30.2 Å². The molecule has 3 heterocycles. The average molecular weight is 494 g/mol.